The number of aromatic nitrogens is 5. The highest BCUT2D eigenvalue weighted by Crippen LogP contribution is 2.39. The number of benzene rings is 3. The molecular weight excluding hydrogens is 801 g/mol. The maximum Gasteiger partial charge on any atom is 0.417 e. The van der Waals surface area contributed by atoms with E-state index < -0.39 is 56.2 Å². The van der Waals surface area contributed by atoms with Gasteiger partial charge in [-0.25, -0.2) is 27.3 Å². The molecule has 1 aliphatic rings. The number of nitrogens with zero attached hydrogens (tertiary/aromatic N) is 5. The van der Waals surface area contributed by atoms with Crippen LogP contribution in [0.1, 0.15) is 55.5 Å². The zero-order valence-corrected chi connectivity index (χ0v) is 32.1. The molecule has 0 bridgehead atoms. The Labute approximate surface area is 333 Å². The first-order valence-electron chi connectivity index (χ1n) is 17.8. The monoisotopic (exact) mass is 836 g/mol. The summed E-state index contributed by atoms with van der Waals surface area (Å²) in [5, 5.41) is 35.8. The molecule has 6 N–H and O–H groups in total. The van der Waals surface area contributed by atoms with E-state index in [4.69, 9.17) is 20.7 Å². The predicted molar refractivity (Wildman–Crippen MR) is 205 cm³/mol. The molecule has 0 aliphatic heterocycles. The quantitative estimate of drug-likeness (QED) is 0.0820. The molecule has 7 rings (SSSR count). The van der Waals surface area contributed by atoms with Crippen molar-refractivity contribution < 1.29 is 50.5 Å². The standard InChI is InChI=1S/C21H22N6O3.C18H14F4N2O4S/c1-30-15-4-2-3-13-9-14(25-16(13)15)17-18-19(22)23-10-24-27(18)20(26-17)11-5-7-12(8-6-11)21(28)29;1-17(26,10-29(27,28)14-6-3-12(19)4-7-14)16(25)24-13-5-2-11(9-23)15(8-13)18(20,21)22/h2-4,9-12,25H,5-8H2,1H3,(H,28,29)(H2,22,23,24);2-8,26H,10H2,1H3,(H,24,25). The molecule has 0 saturated heterocycles. The molecule has 0 spiro atoms. The van der Waals surface area contributed by atoms with Gasteiger partial charge in [-0.15, -0.1) is 0 Å². The number of fused-ring (bicyclic) bond motifs is 2. The lowest BCUT2D eigenvalue weighted by molar-refractivity contribution is -0.143. The molecule has 308 valence electrons. The Kier molecular flexibility index (Phi) is 11.6. The third-order valence-corrected chi connectivity index (χ3v) is 11.8. The lowest BCUT2D eigenvalue weighted by Gasteiger charge is -2.24. The van der Waals surface area contributed by atoms with E-state index in [1.807, 2.05) is 29.6 Å². The summed E-state index contributed by atoms with van der Waals surface area (Å²) in [6.07, 6.45) is -0.669. The van der Waals surface area contributed by atoms with Crippen molar-refractivity contribution in [2.24, 2.45) is 5.92 Å². The highest BCUT2D eigenvalue weighted by atomic mass is 32.2. The van der Waals surface area contributed by atoms with Gasteiger partial charge < -0.3 is 31.0 Å². The summed E-state index contributed by atoms with van der Waals surface area (Å²) in [4.78, 5) is 35.7. The summed E-state index contributed by atoms with van der Waals surface area (Å²) in [6, 6.07) is 15.3. The fourth-order valence-electron chi connectivity index (χ4n) is 6.83. The first-order valence-corrected chi connectivity index (χ1v) is 19.5. The van der Waals surface area contributed by atoms with Crippen LogP contribution in [0.2, 0.25) is 0 Å². The molecule has 0 radical (unpaired) electrons. The van der Waals surface area contributed by atoms with E-state index in [1.165, 1.54) is 12.4 Å². The Balaban J connectivity index is 0.000000199. The number of aromatic amines is 1. The smallest absolute Gasteiger partial charge is 0.417 e. The number of carbonyl (C=O) groups is 2. The number of alkyl halides is 3. The number of rotatable bonds is 9. The number of para-hydroxylation sites is 1. The van der Waals surface area contributed by atoms with Gasteiger partial charge in [0, 0.05) is 17.0 Å². The Morgan fingerprint density at radius 3 is 2.41 bits per heavy atom. The number of hydrogen-bond acceptors (Lipinski definition) is 11. The van der Waals surface area contributed by atoms with Gasteiger partial charge >= 0.3 is 12.1 Å². The van der Waals surface area contributed by atoms with Crippen molar-refractivity contribution in [3.8, 4) is 23.2 Å². The molecule has 15 nitrogen and oxygen atoms in total. The number of nitrogen functional groups attached to an aromatic ring is 1. The second-order valence-electron chi connectivity index (χ2n) is 14.0. The van der Waals surface area contributed by atoms with Gasteiger partial charge in [-0.05, 0) is 87.2 Å². The topological polar surface area (TPSA) is 239 Å². The highest BCUT2D eigenvalue weighted by molar-refractivity contribution is 7.91. The van der Waals surface area contributed by atoms with Crippen molar-refractivity contribution >= 4 is 49.6 Å². The van der Waals surface area contributed by atoms with Crippen LogP contribution < -0.4 is 15.8 Å². The Hall–Kier alpha value is -6.59. The number of imidazole rings is 1. The summed E-state index contributed by atoms with van der Waals surface area (Å²) in [7, 11) is -2.58. The van der Waals surface area contributed by atoms with Crippen molar-refractivity contribution in [3.05, 3.63) is 95.8 Å². The zero-order valence-electron chi connectivity index (χ0n) is 31.3. The summed E-state index contributed by atoms with van der Waals surface area (Å²) >= 11 is 0. The van der Waals surface area contributed by atoms with Gasteiger partial charge in [0.2, 0.25) is 0 Å². The average molecular weight is 837 g/mol. The van der Waals surface area contributed by atoms with Gasteiger partial charge in [-0.2, -0.15) is 23.5 Å². The van der Waals surface area contributed by atoms with Crippen LogP contribution in [0.5, 0.6) is 5.75 Å². The summed E-state index contributed by atoms with van der Waals surface area (Å²) < 4.78 is 83.9. The first-order chi connectivity index (χ1) is 27.8. The number of hydrogen-bond donors (Lipinski definition) is 5. The number of halogens is 4. The van der Waals surface area contributed by atoms with Crippen LogP contribution in [0.25, 0.3) is 27.8 Å². The molecule has 3 heterocycles. The van der Waals surface area contributed by atoms with Crippen molar-refractivity contribution in [1.82, 2.24) is 24.6 Å². The number of methoxy groups -OCH3 is 1. The minimum absolute atomic E-state index is 0.120. The van der Waals surface area contributed by atoms with Crippen molar-refractivity contribution in [2.45, 2.75) is 55.2 Å². The van der Waals surface area contributed by atoms with E-state index in [1.54, 1.807) is 11.6 Å². The number of nitriles is 1. The van der Waals surface area contributed by atoms with Crippen LogP contribution in [-0.2, 0) is 25.6 Å². The van der Waals surface area contributed by atoms with Crippen LogP contribution in [0.15, 0.2) is 78.0 Å². The number of carbonyl (C=O) groups excluding carboxylic acids is 1. The molecule has 3 aromatic heterocycles. The van der Waals surface area contributed by atoms with Gasteiger partial charge in [-0.3, -0.25) is 9.59 Å². The maximum atomic E-state index is 13.0. The Morgan fingerprint density at radius 1 is 1.08 bits per heavy atom. The van der Waals surface area contributed by atoms with Crippen molar-refractivity contribution in [1.29, 1.82) is 5.26 Å². The SMILES string of the molecule is CC(O)(CS(=O)(=O)c1ccc(F)cc1)C(=O)Nc1ccc(C#N)c(C(F)(F)F)c1.COc1cccc2cc(-c3nc(C4CCC(C(=O)O)CC4)n4ncnc(N)c34)[nH]c12. The van der Waals surface area contributed by atoms with Crippen LogP contribution in [-0.4, -0.2) is 73.5 Å². The zero-order chi connectivity index (χ0) is 42.9. The largest absolute Gasteiger partial charge is 0.495 e. The molecule has 1 atom stereocenters. The van der Waals surface area contributed by atoms with E-state index in [9.17, 15) is 45.8 Å². The van der Waals surface area contributed by atoms with Gasteiger partial charge in [-0.1, -0.05) is 12.1 Å². The molecule has 59 heavy (non-hydrogen) atoms. The number of aliphatic hydroxyl groups is 1. The van der Waals surface area contributed by atoms with E-state index in [2.05, 4.69) is 15.1 Å². The van der Waals surface area contributed by atoms with Crippen molar-refractivity contribution in [3.63, 3.8) is 0 Å². The molecule has 1 saturated carbocycles. The number of nitrogens with one attached hydrogen (secondary N) is 2. The predicted octanol–water partition coefficient (Wildman–Crippen LogP) is 6.10. The van der Waals surface area contributed by atoms with E-state index in [0.717, 1.165) is 84.3 Å². The molecule has 1 amide bonds. The van der Waals surface area contributed by atoms with Gasteiger partial charge in [0.15, 0.2) is 21.3 Å². The summed E-state index contributed by atoms with van der Waals surface area (Å²) in [5.41, 5.74) is 4.38. The Bertz CT molecular complexity index is 2700. The fourth-order valence-corrected chi connectivity index (χ4v) is 8.42. The third kappa shape index (κ3) is 8.95. The molecule has 1 fully saturated rings. The van der Waals surface area contributed by atoms with Crippen LogP contribution in [0.3, 0.4) is 0 Å². The second kappa shape index (κ2) is 16.3. The molecule has 6 aromatic rings. The highest BCUT2D eigenvalue weighted by Gasteiger charge is 2.38. The van der Waals surface area contributed by atoms with Gasteiger partial charge in [0.25, 0.3) is 5.91 Å². The maximum absolute atomic E-state index is 13.0. The van der Waals surface area contributed by atoms with Gasteiger partial charge in [0.1, 0.15) is 34.9 Å². The number of nitrogens with two attached hydrogens (primary N) is 1. The number of amides is 1. The number of carboxylic acids is 1. The van der Waals surface area contributed by atoms with Crippen LogP contribution >= 0.6 is 0 Å². The summed E-state index contributed by atoms with van der Waals surface area (Å²) in [5.74, 6) is -2.05. The Morgan fingerprint density at radius 2 is 1.78 bits per heavy atom. The van der Waals surface area contributed by atoms with E-state index >= 15 is 0 Å². The number of H-pyrrole nitrogens is 1. The van der Waals surface area contributed by atoms with E-state index in [-0.39, 0.29) is 22.4 Å². The molecule has 3 aromatic carbocycles. The lowest BCUT2D eigenvalue weighted by Crippen LogP contribution is -2.45. The van der Waals surface area contributed by atoms with Crippen molar-refractivity contribution in [2.75, 3.05) is 23.9 Å². The van der Waals surface area contributed by atoms with E-state index in [0.29, 0.717) is 35.9 Å². The van der Waals surface area contributed by atoms with Gasteiger partial charge in [0.05, 0.1) is 52.1 Å². The third-order valence-electron chi connectivity index (χ3n) is 9.86. The fraction of sp³-hybridized carbons (Fsp3) is 0.282. The lowest BCUT2D eigenvalue weighted by atomic mass is 9.82. The number of sulfone groups is 1. The minimum Gasteiger partial charge on any atom is -0.495 e. The molecular formula is C39H36F4N8O7S. The molecule has 1 aliphatic carbocycles. The normalized spacial score (nSPS) is 16.7. The molecule has 20 heteroatoms. The number of aliphatic carboxylic acids is 1. The second-order valence-corrected chi connectivity index (χ2v) is 16.0. The number of carboxylic acid groups (broad SMARTS) is 1. The average Bonchev–Trinajstić information content (AvgIpc) is 3.81. The van der Waals surface area contributed by atoms with Crippen LogP contribution in [0, 0.1) is 23.1 Å². The first kappa shape index (κ1) is 42.0. The minimum atomic E-state index is -4.86. The summed E-state index contributed by atoms with van der Waals surface area (Å²) in [6.45, 7) is 0.873. The van der Waals surface area contributed by atoms with Crippen LogP contribution in [0.4, 0.5) is 29.1 Å². The number of anilines is 2. The number of ether oxygens (including phenoxy) is 1. The molecule has 1 unspecified atom stereocenters.